The number of ether oxygens (including phenoxy) is 2. The van der Waals surface area contributed by atoms with Crippen LogP contribution in [0.2, 0.25) is 0 Å². The van der Waals surface area contributed by atoms with E-state index in [2.05, 4.69) is 30.1 Å². The van der Waals surface area contributed by atoms with Crippen LogP contribution >= 0.6 is 0 Å². The number of nitrogens with zero attached hydrogens (tertiary/aromatic N) is 6. The van der Waals surface area contributed by atoms with Crippen molar-refractivity contribution in [3.63, 3.8) is 0 Å². The van der Waals surface area contributed by atoms with Crippen molar-refractivity contribution in [2.75, 3.05) is 44.2 Å². The summed E-state index contributed by atoms with van der Waals surface area (Å²) in [5.41, 5.74) is 2.79. The number of rotatable bonds is 11. The van der Waals surface area contributed by atoms with Gasteiger partial charge < -0.3 is 24.6 Å². The lowest BCUT2D eigenvalue weighted by Gasteiger charge is -2.59. The summed E-state index contributed by atoms with van der Waals surface area (Å²) < 4.78 is 27.1. The molecule has 0 unspecified atom stereocenters. The van der Waals surface area contributed by atoms with Crippen molar-refractivity contribution >= 4 is 11.7 Å². The predicted molar refractivity (Wildman–Crippen MR) is 173 cm³/mol. The molecule has 1 spiro atoms. The summed E-state index contributed by atoms with van der Waals surface area (Å²) in [5, 5.41) is 3.51. The highest BCUT2D eigenvalue weighted by atomic mass is 19.1. The number of pyridine rings is 1. The molecule has 2 saturated heterocycles. The van der Waals surface area contributed by atoms with E-state index < -0.39 is 5.82 Å². The van der Waals surface area contributed by atoms with E-state index in [4.69, 9.17) is 9.47 Å². The molecule has 1 saturated carbocycles. The van der Waals surface area contributed by atoms with E-state index in [1.54, 1.807) is 11.1 Å². The quantitative estimate of drug-likeness (QED) is 0.320. The van der Waals surface area contributed by atoms with Gasteiger partial charge in [-0.05, 0) is 83.8 Å². The monoisotopic (exact) mass is 629 g/mol. The fourth-order valence-electron chi connectivity index (χ4n) is 7.44. The summed E-state index contributed by atoms with van der Waals surface area (Å²) in [6.07, 6.45) is 10.6. The molecule has 0 radical (unpaired) electrons. The van der Waals surface area contributed by atoms with Gasteiger partial charge in [-0.15, -0.1) is 0 Å². The number of anilines is 1. The first-order valence-corrected chi connectivity index (χ1v) is 16.7. The van der Waals surface area contributed by atoms with E-state index >= 15 is 0 Å². The minimum atomic E-state index is -0.488. The lowest BCUT2D eigenvalue weighted by molar-refractivity contribution is -0.0352. The summed E-state index contributed by atoms with van der Waals surface area (Å²) in [7, 11) is 0. The van der Waals surface area contributed by atoms with Gasteiger partial charge in [0.15, 0.2) is 11.6 Å². The first kappa shape index (κ1) is 30.8. The first-order chi connectivity index (χ1) is 22.3. The lowest BCUT2D eigenvalue weighted by atomic mass is 9.61. The van der Waals surface area contributed by atoms with Gasteiger partial charge in [-0.3, -0.25) is 14.7 Å². The number of hydrogen-bond acceptors (Lipinski definition) is 9. The smallest absolute Gasteiger partial charge is 0.257 e. The highest BCUT2D eigenvalue weighted by Crippen LogP contribution is 2.52. The maximum Gasteiger partial charge on any atom is 0.257 e. The molecule has 1 aromatic carbocycles. The van der Waals surface area contributed by atoms with Gasteiger partial charge in [0.05, 0.1) is 11.8 Å². The van der Waals surface area contributed by atoms with Gasteiger partial charge >= 0.3 is 0 Å². The van der Waals surface area contributed by atoms with Gasteiger partial charge in [0.25, 0.3) is 5.91 Å². The summed E-state index contributed by atoms with van der Waals surface area (Å²) in [6.45, 7) is 12.2. The normalized spacial score (nSPS) is 20.5. The zero-order chi connectivity index (χ0) is 31.8. The van der Waals surface area contributed by atoms with Crippen molar-refractivity contribution in [2.24, 2.45) is 5.41 Å². The van der Waals surface area contributed by atoms with E-state index in [-0.39, 0.29) is 34.8 Å². The molecule has 2 aromatic heterocycles. The molecule has 11 heteroatoms. The molecule has 7 rings (SSSR count). The third kappa shape index (κ3) is 6.14. The second kappa shape index (κ2) is 12.8. The van der Waals surface area contributed by atoms with E-state index in [0.29, 0.717) is 24.2 Å². The first-order valence-electron chi connectivity index (χ1n) is 16.7. The zero-order valence-electron chi connectivity index (χ0n) is 27.0. The summed E-state index contributed by atoms with van der Waals surface area (Å²) >= 11 is 0. The Morgan fingerprint density at radius 1 is 1.17 bits per heavy atom. The molecule has 244 valence electrons. The average Bonchev–Trinajstić information content (AvgIpc) is 2.98. The van der Waals surface area contributed by atoms with Gasteiger partial charge in [0, 0.05) is 74.1 Å². The standard InChI is InChI=1S/C35H44FN7O3/c1-4-43(23(2)3)34(44)27-15-24(36)5-6-30(27)46-32-18-37-22-40-33(32)42-20-35(21-42)16-26(17-35)45-31-8-12-39-29-10-14-41(19-28(29)31)13-9-25-7-11-38-25/h5-6,8,12,15,18,22-23,25-26,38H,4,7,9-11,13-14,16-17,19-21H2,1-3H3/t25-/m1/s1. The Morgan fingerprint density at radius 3 is 2.74 bits per heavy atom. The molecule has 1 N–H and O–H groups in total. The molecule has 3 aromatic rings. The Kier molecular flexibility index (Phi) is 8.54. The Balaban J connectivity index is 0.977. The number of amides is 1. The van der Waals surface area contributed by atoms with Gasteiger partial charge in [0.1, 0.15) is 29.7 Å². The number of benzene rings is 1. The van der Waals surface area contributed by atoms with Crippen LogP contribution in [0.1, 0.15) is 68.1 Å². The maximum absolute atomic E-state index is 14.3. The van der Waals surface area contributed by atoms with Crippen LogP contribution in [0.3, 0.4) is 0 Å². The van der Waals surface area contributed by atoms with Crippen molar-refractivity contribution in [3.8, 4) is 17.2 Å². The third-order valence-electron chi connectivity index (χ3n) is 10.1. The Bertz CT molecular complexity index is 1570. The molecule has 1 aliphatic carbocycles. The number of aromatic nitrogens is 3. The van der Waals surface area contributed by atoms with Crippen LogP contribution < -0.4 is 19.7 Å². The SMILES string of the molecule is CCN(C(=O)c1cc(F)ccc1Oc1cncnc1N1CC2(CC(Oc3ccnc4c3CN(CC[C@H]3CCN3)CC4)C2)C1)C(C)C. The molecular formula is C35H44FN7O3. The number of fused-ring (bicyclic) bond motifs is 1. The maximum atomic E-state index is 14.3. The van der Waals surface area contributed by atoms with Crippen LogP contribution in [0, 0.1) is 11.2 Å². The molecular weight excluding hydrogens is 585 g/mol. The van der Waals surface area contributed by atoms with Crippen LogP contribution in [-0.2, 0) is 13.0 Å². The zero-order valence-corrected chi connectivity index (χ0v) is 27.0. The molecule has 46 heavy (non-hydrogen) atoms. The highest BCUT2D eigenvalue weighted by Gasteiger charge is 2.54. The lowest BCUT2D eigenvalue weighted by Crippen LogP contribution is -2.65. The number of halogens is 1. The highest BCUT2D eigenvalue weighted by molar-refractivity contribution is 5.97. The minimum Gasteiger partial charge on any atom is -0.490 e. The summed E-state index contributed by atoms with van der Waals surface area (Å²) in [5.74, 6) is 1.62. The average molecular weight is 630 g/mol. The van der Waals surface area contributed by atoms with Crippen LogP contribution in [0.15, 0.2) is 43.0 Å². The predicted octanol–water partition coefficient (Wildman–Crippen LogP) is 4.83. The minimum absolute atomic E-state index is 0.0326. The number of carbonyl (C=O) groups is 1. The third-order valence-corrected chi connectivity index (χ3v) is 10.1. The van der Waals surface area contributed by atoms with E-state index in [1.165, 1.54) is 48.6 Å². The fraction of sp³-hybridized carbons (Fsp3) is 0.543. The fourth-order valence-corrected chi connectivity index (χ4v) is 7.44. The van der Waals surface area contributed by atoms with Crippen molar-refractivity contribution in [2.45, 2.75) is 77.6 Å². The van der Waals surface area contributed by atoms with Gasteiger partial charge in [-0.2, -0.15) is 0 Å². The number of carbonyl (C=O) groups excluding carboxylic acids is 1. The second-order valence-corrected chi connectivity index (χ2v) is 13.6. The number of nitrogens with one attached hydrogen (secondary N) is 1. The second-order valence-electron chi connectivity index (χ2n) is 13.6. The molecule has 5 heterocycles. The number of hydrogen-bond donors (Lipinski definition) is 1. The molecule has 3 aliphatic heterocycles. The topological polar surface area (TPSA) is 96.0 Å². The largest absolute Gasteiger partial charge is 0.490 e. The molecule has 4 aliphatic rings. The molecule has 0 bridgehead atoms. The van der Waals surface area contributed by atoms with Gasteiger partial charge in [-0.25, -0.2) is 14.4 Å². The Morgan fingerprint density at radius 2 is 2.00 bits per heavy atom. The Labute approximate surface area is 270 Å². The summed E-state index contributed by atoms with van der Waals surface area (Å²) in [4.78, 5) is 33.2. The van der Waals surface area contributed by atoms with Crippen molar-refractivity contribution in [3.05, 3.63) is 65.6 Å². The van der Waals surface area contributed by atoms with Crippen LogP contribution in [0.25, 0.3) is 0 Å². The van der Waals surface area contributed by atoms with Crippen molar-refractivity contribution in [1.29, 1.82) is 0 Å². The molecule has 3 fully saturated rings. The van der Waals surface area contributed by atoms with Crippen LogP contribution in [0.4, 0.5) is 10.2 Å². The van der Waals surface area contributed by atoms with E-state index in [0.717, 1.165) is 64.3 Å². The van der Waals surface area contributed by atoms with Gasteiger partial charge in [-0.1, -0.05) is 0 Å². The van der Waals surface area contributed by atoms with Crippen LogP contribution in [-0.4, -0.2) is 88.1 Å². The molecule has 10 nitrogen and oxygen atoms in total. The van der Waals surface area contributed by atoms with E-state index in [1.807, 2.05) is 33.0 Å². The van der Waals surface area contributed by atoms with Gasteiger partial charge in [0.2, 0.25) is 0 Å². The molecule has 1 amide bonds. The van der Waals surface area contributed by atoms with Crippen molar-refractivity contribution in [1.82, 2.24) is 30.1 Å². The Hall–Kier alpha value is -3.83. The van der Waals surface area contributed by atoms with Crippen molar-refractivity contribution < 1.29 is 18.7 Å². The molecule has 1 atom stereocenters. The van der Waals surface area contributed by atoms with Crippen LogP contribution in [0.5, 0.6) is 17.2 Å². The van der Waals surface area contributed by atoms with E-state index in [9.17, 15) is 9.18 Å². The summed E-state index contributed by atoms with van der Waals surface area (Å²) in [6, 6.07) is 6.72.